The first-order chi connectivity index (χ1) is 26.8. The highest BCUT2D eigenvalue weighted by Crippen LogP contribution is 2.55. The summed E-state index contributed by atoms with van der Waals surface area (Å²) in [5.74, 6) is 0. The van der Waals surface area contributed by atoms with E-state index < -0.39 is 0 Å². The third-order valence-corrected chi connectivity index (χ3v) is 13.2. The van der Waals surface area contributed by atoms with Crippen LogP contribution >= 0.6 is 0 Å². The molecule has 1 heterocycles. The lowest BCUT2D eigenvalue weighted by atomic mass is 9.79. The zero-order valence-electron chi connectivity index (χ0n) is 31.4. The molecule has 2 aliphatic rings. The van der Waals surface area contributed by atoms with Crippen LogP contribution in [0.4, 0.5) is 0 Å². The van der Waals surface area contributed by atoms with Gasteiger partial charge in [-0.3, -0.25) is 0 Å². The molecular weight excluding hydrogens is 665 g/mol. The van der Waals surface area contributed by atoms with E-state index in [2.05, 4.69) is 179 Å². The van der Waals surface area contributed by atoms with Crippen molar-refractivity contribution in [3.05, 3.63) is 180 Å². The van der Waals surface area contributed by atoms with Crippen LogP contribution in [0.3, 0.4) is 0 Å². The molecule has 0 N–H and O–H groups in total. The summed E-state index contributed by atoms with van der Waals surface area (Å²) in [6.45, 7) is 9.53. The normalized spacial score (nSPS) is 14.8. The summed E-state index contributed by atoms with van der Waals surface area (Å²) < 4.78 is 6.30. The number of fused-ring (bicyclic) bond motifs is 13. The summed E-state index contributed by atoms with van der Waals surface area (Å²) in [4.78, 5) is 0. The molecule has 0 fully saturated rings. The average Bonchev–Trinajstić information content (AvgIpc) is 3.77. The van der Waals surface area contributed by atoms with Crippen LogP contribution in [0.2, 0.25) is 0 Å². The minimum absolute atomic E-state index is 0.0636. The van der Waals surface area contributed by atoms with E-state index >= 15 is 0 Å². The zero-order valence-corrected chi connectivity index (χ0v) is 31.4. The zero-order chi connectivity index (χ0) is 36.8. The fourth-order valence-electron chi connectivity index (χ4n) is 10.5. The number of benzene rings is 9. The molecule has 9 aromatic carbocycles. The van der Waals surface area contributed by atoms with Gasteiger partial charge in [-0.1, -0.05) is 155 Å². The molecule has 1 nitrogen and oxygen atoms in total. The maximum Gasteiger partial charge on any atom is 0.136 e. The predicted molar refractivity (Wildman–Crippen MR) is 232 cm³/mol. The number of para-hydroxylation sites is 1. The van der Waals surface area contributed by atoms with E-state index in [0.29, 0.717) is 0 Å². The Bertz CT molecular complexity index is 3260. The number of rotatable bonds is 2. The molecule has 0 amide bonds. The van der Waals surface area contributed by atoms with Gasteiger partial charge in [0.05, 0.1) is 0 Å². The second-order valence-corrected chi connectivity index (χ2v) is 16.8. The van der Waals surface area contributed by atoms with Crippen molar-refractivity contribution in [3.63, 3.8) is 0 Å². The first kappa shape index (κ1) is 31.0. The Hall–Kier alpha value is -6.44. The SMILES string of the molecule is CC1(C)c2ccccc2-c2ccc(-c3c4ccccc4c(-c4ccc5c(c4)C(C)(C)c4ccc6cc7oc8ccccc8c7cc6c4-5)c4ccccc34)cc21. The maximum absolute atomic E-state index is 6.30. The Morgan fingerprint density at radius 3 is 1.53 bits per heavy atom. The lowest BCUT2D eigenvalue weighted by Crippen LogP contribution is -2.15. The summed E-state index contributed by atoms with van der Waals surface area (Å²) in [6, 6.07) is 59.1. The molecule has 55 heavy (non-hydrogen) atoms. The molecular formula is C54H38O. The standard InChI is InChI=1S/C54H38O/c1-53(2)44-19-11-9-13-34(44)35-24-21-32(27-46(35)53)50-37-15-5-7-17-39(37)51(40-18-8-6-16-38(40)50)33-22-25-41-47(28-33)54(3,4)45-26-23-31-29-49-43(30-42(31)52(41)45)36-14-10-12-20-48(36)55-49/h5-30H,1-4H3. The van der Waals surface area contributed by atoms with Crippen LogP contribution < -0.4 is 0 Å². The molecule has 0 unspecified atom stereocenters. The van der Waals surface area contributed by atoms with Crippen LogP contribution in [-0.4, -0.2) is 0 Å². The predicted octanol–water partition coefficient (Wildman–Crippen LogP) is 15.0. The van der Waals surface area contributed by atoms with Gasteiger partial charge in [-0.2, -0.15) is 0 Å². The second kappa shape index (κ2) is 10.6. The highest BCUT2D eigenvalue weighted by molar-refractivity contribution is 6.22. The van der Waals surface area contributed by atoms with Crippen molar-refractivity contribution in [1.29, 1.82) is 0 Å². The number of hydrogen-bond acceptors (Lipinski definition) is 1. The van der Waals surface area contributed by atoms with Gasteiger partial charge in [0, 0.05) is 21.6 Å². The van der Waals surface area contributed by atoms with Crippen LogP contribution in [0.1, 0.15) is 49.9 Å². The fourth-order valence-corrected chi connectivity index (χ4v) is 10.5. The highest BCUT2D eigenvalue weighted by Gasteiger charge is 2.38. The van der Waals surface area contributed by atoms with E-state index in [9.17, 15) is 0 Å². The van der Waals surface area contributed by atoms with Gasteiger partial charge >= 0.3 is 0 Å². The summed E-state index contributed by atoms with van der Waals surface area (Å²) in [7, 11) is 0. The van der Waals surface area contributed by atoms with Gasteiger partial charge in [0.25, 0.3) is 0 Å². The molecule has 0 saturated carbocycles. The van der Waals surface area contributed by atoms with Crippen LogP contribution in [0.5, 0.6) is 0 Å². The smallest absolute Gasteiger partial charge is 0.136 e. The minimum atomic E-state index is -0.164. The fraction of sp³-hybridized carbons (Fsp3) is 0.111. The summed E-state index contributed by atoms with van der Waals surface area (Å²) >= 11 is 0. The first-order valence-corrected chi connectivity index (χ1v) is 19.5. The van der Waals surface area contributed by atoms with Crippen molar-refractivity contribution in [1.82, 2.24) is 0 Å². The topological polar surface area (TPSA) is 13.1 Å². The third kappa shape index (κ3) is 4.03. The molecule has 0 radical (unpaired) electrons. The Labute approximate surface area is 320 Å². The van der Waals surface area contributed by atoms with E-state index in [1.54, 1.807) is 0 Å². The molecule has 10 aromatic rings. The van der Waals surface area contributed by atoms with Gasteiger partial charge in [0.1, 0.15) is 11.2 Å². The first-order valence-electron chi connectivity index (χ1n) is 19.5. The van der Waals surface area contributed by atoms with E-state index in [4.69, 9.17) is 4.42 Å². The average molecular weight is 703 g/mol. The van der Waals surface area contributed by atoms with Crippen molar-refractivity contribution in [3.8, 4) is 44.5 Å². The molecule has 0 spiro atoms. The highest BCUT2D eigenvalue weighted by atomic mass is 16.3. The van der Waals surface area contributed by atoms with Gasteiger partial charge in [0.2, 0.25) is 0 Å². The molecule has 0 saturated heterocycles. The van der Waals surface area contributed by atoms with Crippen molar-refractivity contribution in [2.45, 2.75) is 38.5 Å². The summed E-state index contributed by atoms with van der Waals surface area (Å²) in [5.41, 5.74) is 17.7. The van der Waals surface area contributed by atoms with Gasteiger partial charge in [-0.15, -0.1) is 0 Å². The van der Waals surface area contributed by atoms with Crippen molar-refractivity contribution < 1.29 is 4.42 Å². The molecule has 0 aliphatic heterocycles. The molecule has 0 bridgehead atoms. The van der Waals surface area contributed by atoms with Crippen LogP contribution in [-0.2, 0) is 10.8 Å². The monoisotopic (exact) mass is 702 g/mol. The number of hydrogen-bond donors (Lipinski definition) is 0. The van der Waals surface area contributed by atoms with Crippen LogP contribution in [0.15, 0.2) is 162 Å². The lowest BCUT2D eigenvalue weighted by Gasteiger charge is -2.24. The molecule has 0 atom stereocenters. The van der Waals surface area contributed by atoms with Gasteiger partial charge in [-0.05, 0) is 129 Å². The van der Waals surface area contributed by atoms with E-state index in [0.717, 1.165) is 11.2 Å². The Balaban J connectivity index is 1.08. The van der Waals surface area contributed by atoms with Gasteiger partial charge in [0.15, 0.2) is 0 Å². The molecule has 12 rings (SSSR count). The van der Waals surface area contributed by atoms with Crippen molar-refractivity contribution in [2.75, 3.05) is 0 Å². The largest absolute Gasteiger partial charge is 0.456 e. The molecule has 260 valence electrons. The summed E-state index contributed by atoms with van der Waals surface area (Å²) in [6.07, 6.45) is 0. The summed E-state index contributed by atoms with van der Waals surface area (Å²) in [5, 5.41) is 9.99. The van der Waals surface area contributed by atoms with Crippen LogP contribution in [0, 0.1) is 0 Å². The Morgan fingerprint density at radius 1 is 0.327 bits per heavy atom. The van der Waals surface area contributed by atoms with Crippen LogP contribution in [0.25, 0.3) is 98.8 Å². The van der Waals surface area contributed by atoms with E-state index in [-0.39, 0.29) is 10.8 Å². The van der Waals surface area contributed by atoms with Gasteiger partial charge < -0.3 is 4.42 Å². The molecule has 1 aromatic heterocycles. The maximum atomic E-state index is 6.30. The third-order valence-electron chi connectivity index (χ3n) is 13.2. The minimum Gasteiger partial charge on any atom is -0.456 e. The van der Waals surface area contributed by atoms with E-state index in [1.165, 1.54) is 110 Å². The Morgan fingerprint density at radius 2 is 0.855 bits per heavy atom. The van der Waals surface area contributed by atoms with Crippen molar-refractivity contribution in [2.24, 2.45) is 0 Å². The molecule has 2 aliphatic carbocycles. The lowest BCUT2D eigenvalue weighted by molar-refractivity contribution is 0.660. The number of furan rings is 1. The van der Waals surface area contributed by atoms with E-state index in [1.807, 2.05) is 6.07 Å². The Kier molecular flexibility index (Phi) is 5.98. The van der Waals surface area contributed by atoms with Crippen molar-refractivity contribution >= 4 is 54.3 Å². The van der Waals surface area contributed by atoms with Gasteiger partial charge in [-0.25, -0.2) is 0 Å². The second-order valence-electron chi connectivity index (χ2n) is 16.8. The quantitative estimate of drug-likeness (QED) is 0.163. The molecule has 1 heteroatoms.